The first kappa shape index (κ1) is 8.75. The van der Waals surface area contributed by atoms with E-state index in [2.05, 4.69) is 39.5 Å². The Hall–Kier alpha value is -0.838. The van der Waals surface area contributed by atoms with Gasteiger partial charge in [0.05, 0.1) is 0 Å². The van der Waals surface area contributed by atoms with Gasteiger partial charge in [0, 0.05) is 0 Å². The van der Waals surface area contributed by atoms with Gasteiger partial charge >= 0.3 is 86.4 Å². The Morgan fingerprint density at radius 2 is 2.31 bits per heavy atom. The molecule has 1 nitrogen and oxygen atoms in total. The fraction of sp³-hybridized carbons (Fsp3) is 0.182. The molecule has 1 heterocycles. The molecule has 0 bridgehead atoms. The molecule has 0 radical (unpaired) electrons. The second-order valence-electron chi connectivity index (χ2n) is 3.05. The molecule has 1 aliphatic rings. The molecule has 0 spiro atoms. The Morgan fingerprint density at radius 1 is 1.38 bits per heavy atom. The molecule has 65 valence electrons. The summed E-state index contributed by atoms with van der Waals surface area (Å²) in [6.45, 7) is 0. The quantitative estimate of drug-likeness (QED) is 0.727. The maximum absolute atomic E-state index is 4.29. The van der Waals surface area contributed by atoms with Crippen LogP contribution in [0.3, 0.4) is 0 Å². The van der Waals surface area contributed by atoms with E-state index in [-0.39, 0.29) is 0 Å². The van der Waals surface area contributed by atoms with Crippen molar-refractivity contribution in [3.63, 3.8) is 0 Å². The van der Waals surface area contributed by atoms with E-state index >= 15 is 0 Å². The minimum atomic E-state index is 0.944. The third-order valence-electron chi connectivity index (χ3n) is 2.08. The molecule has 0 aromatic carbocycles. The van der Waals surface area contributed by atoms with Crippen LogP contribution in [0.4, 0.5) is 0 Å². The molecule has 2 heteroatoms. The molecule has 0 unspecified atom stereocenters. The molecule has 0 aliphatic heterocycles. The van der Waals surface area contributed by atoms with Crippen molar-refractivity contribution >= 4 is 0 Å². The predicted octanol–water partition coefficient (Wildman–Crippen LogP) is 2.38. The average molecular weight is 208 g/mol. The summed E-state index contributed by atoms with van der Waals surface area (Å²) in [6.07, 6.45) is 8.21. The SMILES string of the molecule is [Cr][C]1=C(Cc2ccccn2)C=CC1. The van der Waals surface area contributed by atoms with Gasteiger partial charge in [-0.15, -0.1) is 0 Å². The van der Waals surface area contributed by atoms with E-state index in [1.165, 1.54) is 10.0 Å². The first-order chi connectivity index (χ1) is 6.36. The van der Waals surface area contributed by atoms with E-state index in [0.717, 1.165) is 18.5 Å². The molecular weight excluding hydrogens is 198 g/mol. The summed E-state index contributed by atoms with van der Waals surface area (Å²) in [5.74, 6) is 0. The van der Waals surface area contributed by atoms with Crippen molar-refractivity contribution in [2.45, 2.75) is 12.8 Å². The van der Waals surface area contributed by atoms with Crippen molar-refractivity contribution in [2.24, 2.45) is 0 Å². The van der Waals surface area contributed by atoms with Crippen LogP contribution in [0.2, 0.25) is 0 Å². The van der Waals surface area contributed by atoms with Crippen LogP contribution < -0.4 is 0 Å². The minimum absolute atomic E-state index is 0.944. The van der Waals surface area contributed by atoms with Gasteiger partial charge in [0.1, 0.15) is 0 Å². The van der Waals surface area contributed by atoms with Crippen LogP contribution in [0.5, 0.6) is 0 Å². The van der Waals surface area contributed by atoms with Crippen LogP contribution in [0.15, 0.2) is 46.6 Å². The fourth-order valence-corrected chi connectivity index (χ4v) is 1.76. The van der Waals surface area contributed by atoms with Crippen molar-refractivity contribution in [1.29, 1.82) is 0 Å². The molecule has 0 N–H and O–H groups in total. The van der Waals surface area contributed by atoms with Gasteiger partial charge in [-0.05, 0) is 0 Å². The van der Waals surface area contributed by atoms with Gasteiger partial charge in [0.15, 0.2) is 0 Å². The first-order valence-electron chi connectivity index (χ1n) is 4.32. The standard InChI is InChI=1S/C11H10N.Cr/c1-2-6-10(5-1)9-11-7-3-4-8-12-11;/h1,3-5,7-8H,2,9H2;. The zero-order valence-electron chi connectivity index (χ0n) is 7.23. The van der Waals surface area contributed by atoms with Crippen LogP contribution in [0, 0.1) is 0 Å². The Kier molecular flexibility index (Phi) is 2.63. The van der Waals surface area contributed by atoms with Gasteiger partial charge < -0.3 is 0 Å². The van der Waals surface area contributed by atoms with E-state index in [0.29, 0.717) is 0 Å². The number of hydrogen-bond acceptors (Lipinski definition) is 1. The normalized spacial score (nSPS) is 15.4. The van der Waals surface area contributed by atoms with Gasteiger partial charge in [-0.2, -0.15) is 0 Å². The number of rotatable bonds is 2. The van der Waals surface area contributed by atoms with Crippen LogP contribution in [-0.2, 0) is 22.7 Å². The molecule has 0 fully saturated rings. The molecule has 0 amide bonds. The summed E-state index contributed by atoms with van der Waals surface area (Å²) in [6, 6.07) is 6.04. The molecule has 0 saturated carbocycles. The van der Waals surface area contributed by atoms with Gasteiger partial charge in [0.25, 0.3) is 0 Å². The second-order valence-corrected chi connectivity index (χ2v) is 3.82. The number of aromatic nitrogens is 1. The average Bonchev–Trinajstić information content (AvgIpc) is 2.54. The summed E-state index contributed by atoms with van der Waals surface area (Å²) in [5.41, 5.74) is 2.51. The molecule has 0 saturated heterocycles. The maximum atomic E-state index is 4.29. The summed E-state index contributed by atoms with van der Waals surface area (Å²) in [5, 5.41) is 0. The van der Waals surface area contributed by atoms with E-state index < -0.39 is 0 Å². The van der Waals surface area contributed by atoms with Crippen molar-refractivity contribution < 1.29 is 16.3 Å². The molecular formula is C11H10CrN. The number of nitrogens with zero attached hydrogens (tertiary/aromatic N) is 1. The van der Waals surface area contributed by atoms with Gasteiger partial charge in [0.2, 0.25) is 0 Å². The Labute approximate surface area is 86.6 Å². The van der Waals surface area contributed by atoms with Crippen LogP contribution in [0.25, 0.3) is 0 Å². The number of pyridine rings is 1. The van der Waals surface area contributed by atoms with Crippen LogP contribution in [0.1, 0.15) is 12.1 Å². The molecule has 1 aliphatic carbocycles. The first-order valence-corrected chi connectivity index (χ1v) is 4.95. The molecule has 0 atom stereocenters. The summed E-state index contributed by atoms with van der Waals surface area (Å²) in [4.78, 5) is 4.29. The van der Waals surface area contributed by atoms with Gasteiger partial charge in [-0.3, -0.25) is 0 Å². The van der Waals surface area contributed by atoms with Crippen LogP contribution >= 0.6 is 0 Å². The van der Waals surface area contributed by atoms with Crippen molar-refractivity contribution in [3.8, 4) is 0 Å². The van der Waals surface area contributed by atoms with Crippen molar-refractivity contribution in [3.05, 3.63) is 52.3 Å². The monoisotopic (exact) mass is 208 g/mol. The van der Waals surface area contributed by atoms with Gasteiger partial charge in [-0.25, -0.2) is 0 Å². The topological polar surface area (TPSA) is 12.9 Å². The zero-order chi connectivity index (χ0) is 9.10. The molecule has 13 heavy (non-hydrogen) atoms. The summed E-state index contributed by atoms with van der Waals surface area (Å²) < 4.78 is 1.35. The third-order valence-corrected chi connectivity index (χ3v) is 2.75. The van der Waals surface area contributed by atoms with E-state index in [4.69, 9.17) is 0 Å². The molecule has 2 rings (SSSR count). The van der Waals surface area contributed by atoms with Crippen LogP contribution in [-0.4, -0.2) is 4.98 Å². The van der Waals surface area contributed by atoms with E-state index in [9.17, 15) is 0 Å². The van der Waals surface area contributed by atoms with E-state index in [1.54, 1.807) is 0 Å². The zero-order valence-corrected chi connectivity index (χ0v) is 8.51. The van der Waals surface area contributed by atoms with Crippen molar-refractivity contribution in [2.75, 3.05) is 0 Å². The third kappa shape index (κ3) is 2.09. The Balaban J connectivity index is 2.15. The number of allylic oxidation sites excluding steroid dienone is 4. The predicted molar refractivity (Wildman–Crippen MR) is 48.7 cm³/mol. The Bertz CT molecular complexity index is 352. The van der Waals surface area contributed by atoms with Crippen molar-refractivity contribution in [1.82, 2.24) is 4.98 Å². The Morgan fingerprint density at radius 3 is 2.92 bits per heavy atom. The molecule has 1 aromatic rings. The van der Waals surface area contributed by atoms with Gasteiger partial charge in [-0.1, -0.05) is 0 Å². The number of hydrogen-bond donors (Lipinski definition) is 0. The van der Waals surface area contributed by atoms with E-state index in [1.807, 2.05) is 18.3 Å². The molecule has 1 aromatic heterocycles. The fourth-order valence-electron chi connectivity index (χ4n) is 1.39. The summed E-state index contributed by atoms with van der Waals surface area (Å²) >= 11 is 3.10. The second kappa shape index (κ2) is 3.91. The summed E-state index contributed by atoms with van der Waals surface area (Å²) in [7, 11) is 0.